The molecule has 20 heavy (non-hydrogen) atoms. The highest BCUT2D eigenvalue weighted by Crippen LogP contribution is 2.30. The van der Waals surface area contributed by atoms with E-state index in [1.165, 1.54) is 18.2 Å². The van der Waals surface area contributed by atoms with Crippen LogP contribution in [0.1, 0.15) is 17.3 Å². The molecule has 0 N–H and O–H groups in total. The van der Waals surface area contributed by atoms with E-state index < -0.39 is 17.5 Å². The number of ether oxygens (including phenoxy) is 1. The summed E-state index contributed by atoms with van der Waals surface area (Å²) in [6.07, 6.45) is 0.512. The largest absolute Gasteiger partial charge is 0.494 e. The third-order valence-electron chi connectivity index (χ3n) is 2.76. The Bertz CT molecular complexity index is 654. The SMILES string of the molecule is CCOc1ccc(-c2cc(F)c(F)cc2F)c(C=O)c1. The van der Waals surface area contributed by atoms with E-state index in [4.69, 9.17) is 4.74 Å². The lowest BCUT2D eigenvalue weighted by Gasteiger charge is -2.10. The fourth-order valence-corrected chi connectivity index (χ4v) is 1.87. The van der Waals surface area contributed by atoms with Crippen molar-refractivity contribution >= 4 is 6.29 Å². The van der Waals surface area contributed by atoms with Gasteiger partial charge in [0.05, 0.1) is 6.61 Å². The van der Waals surface area contributed by atoms with Crippen molar-refractivity contribution in [1.29, 1.82) is 0 Å². The first-order valence-corrected chi connectivity index (χ1v) is 5.93. The lowest BCUT2D eigenvalue weighted by atomic mass is 9.99. The van der Waals surface area contributed by atoms with E-state index in [9.17, 15) is 18.0 Å². The summed E-state index contributed by atoms with van der Waals surface area (Å²) in [5, 5.41) is 0. The number of hydrogen-bond donors (Lipinski definition) is 0. The van der Waals surface area contributed by atoms with Gasteiger partial charge in [-0.3, -0.25) is 4.79 Å². The molecule has 104 valence electrons. The molecule has 0 aromatic heterocycles. The molecule has 0 aliphatic heterocycles. The van der Waals surface area contributed by atoms with E-state index >= 15 is 0 Å². The summed E-state index contributed by atoms with van der Waals surface area (Å²) < 4.78 is 45.1. The first kappa shape index (κ1) is 14.1. The minimum Gasteiger partial charge on any atom is -0.494 e. The second-order valence-corrected chi connectivity index (χ2v) is 4.05. The third-order valence-corrected chi connectivity index (χ3v) is 2.76. The van der Waals surface area contributed by atoms with Crippen LogP contribution in [0.5, 0.6) is 5.75 Å². The number of carbonyl (C=O) groups is 1. The lowest BCUT2D eigenvalue weighted by Crippen LogP contribution is -1.97. The standard InChI is InChI=1S/C15H11F3O2/c1-2-20-10-3-4-11(9(5-10)8-19)12-6-14(17)15(18)7-13(12)16/h3-8H,2H2,1H3. The number of hydrogen-bond acceptors (Lipinski definition) is 2. The van der Waals surface area contributed by atoms with Crippen LogP contribution < -0.4 is 4.74 Å². The van der Waals surface area contributed by atoms with Crippen LogP contribution in [-0.2, 0) is 0 Å². The van der Waals surface area contributed by atoms with E-state index in [0.29, 0.717) is 24.7 Å². The molecule has 2 aromatic rings. The molecule has 0 aliphatic carbocycles. The van der Waals surface area contributed by atoms with Crippen molar-refractivity contribution in [3.05, 3.63) is 53.3 Å². The van der Waals surface area contributed by atoms with Gasteiger partial charge in [-0.05, 0) is 36.8 Å². The number of halogens is 3. The second kappa shape index (κ2) is 5.77. The topological polar surface area (TPSA) is 26.3 Å². The number of rotatable bonds is 4. The van der Waals surface area contributed by atoms with Gasteiger partial charge in [-0.2, -0.15) is 0 Å². The molecular formula is C15H11F3O2. The van der Waals surface area contributed by atoms with Gasteiger partial charge in [0.15, 0.2) is 17.9 Å². The van der Waals surface area contributed by atoms with Crippen molar-refractivity contribution in [2.75, 3.05) is 6.61 Å². The maximum atomic E-state index is 13.7. The van der Waals surface area contributed by atoms with Crippen LogP contribution in [0.2, 0.25) is 0 Å². The van der Waals surface area contributed by atoms with Crippen molar-refractivity contribution in [2.24, 2.45) is 0 Å². The van der Waals surface area contributed by atoms with Crippen LogP contribution >= 0.6 is 0 Å². The van der Waals surface area contributed by atoms with E-state index in [1.807, 2.05) is 0 Å². The minimum absolute atomic E-state index is 0.140. The van der Waals surface area contributed by atoms with Gasteiger partial charge >= 0.3 is 0 Å². The summed E-state index contributed by atoms with van der Waals surface area (Å²) in [7, 11) is 0. The first-order valence-electron chi connectivity index (χ1n) is 5.93. The maximum Gasteiger partial charge on any atom is 0.161 e. The lowest BCUT2D eigenvalue weighted by molar-refractivity contribution is 0.112. The van der Waals surface area contributed by atoms with Crippen molar-refractivity contribution in [2.45, 2.75) is 6.92 Å². The van der Waals surface area contributed by atoms with Gasteiger partial charge in [-0.25, -0.2) is 13.2 Å². The predicted octanol–water partition coefficient (Wildman–Crippen LogP) is 3.98. The molecule has 2 aromatic carbocycles. The van der Waals surface area contributed by atoms with Crippen molar-refractivity contribution in [3.63, 3.8) is 0 Å². The van der Waals surface area contributed by atoms with Crippen LogP contribution in [0.15, 0.2) is 30.3 Å². The zero-order chi connectivity index (χ0) is 14.7. The normalized spacial score (nSPS) is 10.4. The number of carbonyl (C=O) groups excluding carboxylic acids is 1. The maximum absolute atomic E-state index is 13.7. The van der Waals surface area contributed by atoms with Crippen LogP contribution in [0.25, 0.3) is 11.1 Å². The molecule has 5 heteroatoms. The van der Waals surface area contributed by atoms with Gasteiger partial charge < -0.3 is 4.74 Å². The van der Waals surface area contributed by atoms with Crippen molar-refractivity contribution < 1.29 is 22.7 Å². The van der Waals surface area contributed by atoms with E-state index in [-0.39, 0.29) is 16.7 Å². The molecule has 0 spiro atoms. The van der Waals surface area contributed by atoms with Gasteiger partial charge in [-0.1, -0.05) is 0 Å². The van der Waals surface area contributed by atoms with Gasteiger partial charge in [0.1, 0.15) is 11.6 Å². The van der Waals surface area contributed by atoms with Gasteiger partial charge in [-0.15, -0.1) is 0 Å². The molecule has 0 saturated carbocycles. The molecule has 2 rings (SSSR count). The Balaban J connectivity index is 2.57. The summed E-state index contributed by atoms with van der Waals surface area (Å²) in [6, 6.07) is 5.58. The van der Waals surface area contributed by atoms with E-state index in [1.54, 1.807) is 6.92 Å². The molecule has 0 saturated heterocycles. The van der Waals surface area contributed by atoms with Crippen LogP contribution in [-0.4, -0.2) is 12.9 Å². The summed E-state index contributed by atoms with van der Waals surface area (Å²) in [6.45, 7) is 2.20. The fourth-order valence-electron chi connectivity index (χ4n) is 1.87. The summed E-state index contributed by atoms with van der Waals surface area (Å²) in [4.78, 5) is 11.1. The second-order valence-electron chi connectivity index (χ2n) is 4.05. The highest BCUT2D eigenvalue weighted by molar-refractivity contribution is 5.88. The fraction of sp³-hybridized carbons (Fsp3) is 0.133. The Morgan fingerprint density at radius 3 is 2.35 bits per heavy atom. The predicted molar refractivity (Wildman–Crippen MR) is 68.3 cm³/mol. The molecule has 0 atom stereocenters. The summed E-state index contributed by atoms with van der Waals surface area (Å²) >= 11 is 0. The van der Waals surface area contributed by atoms with Crippen molar-refractivity contribution in [1.82, 2.24) is 0 Å². The molecule has 0 radical (unpaired) electrons. The average Bonchev–Trinajstić information content (AvgIpc) is 2.43. The number of aldehydes is 1. The van der Waals surface area contributed by atoms with E-state index in [2.05, 4.69) is 0 Å². The van der Waals surface area contributed by atoms with Gasteiger partial charge in [0.25, 0.3) is 0 Å². The Morgan fingerprint density at radius 2 is 1.70 bits per heavy atom. The minimum atomic E-state index is -1.27. The molecule has 0 amide bonds. The Labute approximate surface area is 113 Å². The van der Waals surface area contributed by atoms with Crippen LogP contribution in [0.3, 0.4) is 0 Å². The Hall–Kier alpha value is -2.30. The highest BCUT2D eigenvalue weighted by Gasteiger charge is 2.15. The van der Waals surface area contributed by atoms with Gasteiger partial charge in [0, 0.05) is 17.2 Å². The molecule has 0 bridgehead atoms. The zero-order valence-electron chi connectivity index (χ0n) is 10.6. The Kier molecular flexibility index (Phi) is 4.08. The first-order chi connectivity index (χ1) is 9.56. The smallest absolute Gasteiger partial charge is 0.161 e. The number of benzene rings is 2. The van der Waals surface area contributed by atoms with Crippen LogP contribution in [0, 0.1) is 17.5 Å². The molecule has 0 fully saturated rings. The van der Waals surface area contributed by atoms with Crippen LogP contribution in [0.4, 0.5) is 13.2 Å². The highest BCUT2D eigenvalue weighted by atomic mass is 19.2. The molecule has 2 nitrogen and oxygen atoms in total. The quantitative estimate of drug-likeness (QED) is 0.625. The molecule has 0 unspecified atom stereocenters. The van der Waals surface area contributed by atoms with Crippen molar-refractivity contribution in [3.8, 4) is 16.9 Å². The molecule has 0 heterocycles. The van der Waals surface area contributed by atoms with E-state index in [0.717, 1.165) is 6.07 Å². The zero-order valence-corrected chi connectivity index (χ0v) is 10.6. The summed E-state index contributed by atoms with van der Waals surface area (Å²) in [5.41, 5.74) is 0.148. The monoisotopic (exact) mass is 280 g/mol. The molecule has 0 aliphatic rings. The Morgan fingerprint density at radius 1 is 1.00 bits per heavy atom. The average molecular weight is 280 g/mol. The third kappa shape index (κ3) is 2.66. The summed E-state index contributed by atoms with van der Waals surface area (Å²) in [5.74, 6) is -2.94. The molecular weight excluding hydrogens is 269 g/mol. The van der Waals surface area contributed by atoms with Gasteiger partial charge in [0.2, 0.25) is 0 Å².